The maximum Gasteiger partial charge on any atom is 0.264 e. The number of rotatable bonds is 13. The van der Waals surface area contributed by atoms with E-state index in [1.165, 1.54) is 36.3 Å². The largest absolute Gasteiger partial charge is 0.497 e. The Kier molecular flexibility index (Phi) is 11.0. The number of amides is 2. The van der Waals surface area contributed by atoms with Crippen LogP contribution in [-0.4, -0.2) is 58.5 Å². The zero-order chi connectivity index (χ0) is 30.2. The zero-order valence-electron chi connectivity index (χ0n) is 23.9. The first-order valence-electron chi connectivity index (χ1n) is 13.2. The lowest BCUT2D eigenvalue weighted by Gasteiger charge is -2.33. The van der Waals surface area contributed by atoms with Crippen molar-refractivity contribution in [3.63, 3.8) is 0 Å². The number of sulfonamides is 1. The maximum atomic E-state index is 14.1. The summed E-state index contributed by atoms with van der Waals surface area (Å²) >= 11 is 6.37. The predicted molar refractivity (Wildman–Crippen MR) is 160 cm³/mol. The molecule has 0 bridgehead atoms. The molecule has 0 aromatic heterocycles. The van der Waals surface area contributed by atoms with Crippen LogP contribution in [0.4, 0.5) is 5.69 Å². The van der Waals surface area contributed by atoms with Crippen molar-refractivity contribution < 1.29 is 27.5 Å². The maximum absolute atomic E-state index is 14.1. The van der Waals surface area contributed by atoms with E-state index in [2.05, 4.69) is 5.32 Å². The predicted octanol–water partition coefficient (Wildman–Crippen LogP) is 4.80. The van der Waals surface area contributed by atoms with Crippen LogP contribution >= 0.6 is 11.6 Å². The second-order valence-electron chi connectivity index (χ2n) is 9.33. The number of nitrogens with zero attached hydrogens (tertiary/aromatic N) is 2. The van der Waals surface area contributed by atoms with E-state index in [0.29, 0.717) is 24.5 Å². The Hall–Kier alpha value is -3.76. The van der Waals surface area contributed by atoms with Crippen LogP contribution in [0.5, 0.6) is 11.5 Å². The van der Waals surface area contributed by atoms with Crippen molar-refractivity contribution in [1.82, 2.24) is 10.2 Å². The second kappa shape index (κ2) is 14.2. The Balaban J connectivity index is 2.08. The monoisotopic (exact) mass is 601 g/mol. The van der Waals surface area contributed by atoms with Crippen LogP contribution in [0.1, 0.15) is 31.4 Å². The van der Waals surface area contributed by atoms with E-state index >= 15 is 0 Å². The third kappa shape index (κ3) is 7.71. The molecule has 220 valence electrons. The molecule has 0 fully saturated rings. The molecule has 0 saturated carbocycles. The van der Waals surface area contributed by atoms with E-state index in [1.54, 1.807) is 63.4 Å². The van der Waals surface area contributed by atoms with Crippen LogP contribution in [0.2, 0.25) is 5.02 Å². The van der Waals surface area contributed by atoms with Crippen LogP contribution < -0.4 is 19.1 Å². The number of nitrogens with one attached hydrogen (secondary N) is 1. The summed E-state index contributed by atoms with van der Waals surface area (Å²) in [6.07, 6.45) is 0.326. The number of benzene rings is 3. The summed E-state index contributed by atoms with van der Waals surface area (Å²) in [6, 6.07) is 17.2. The van der Waals surface area contributed by atoms with Gasteiger partial charge >= 0.3 is 0 Å². The van der Waals surface area contributed by atoms with E-state index in [9.17, 15) is 18.0 Å². The molecule has 0 heterocycles. The molecule has 3 aromatic rings. The summed E-state index contributed by atoms with van der Waals surface area (Å²) in [6.45, 7) is 5.36. The Morgan fingerprint density at radius 2 is 1.61 bits per heavy atom. The summed E-state index contributed by atoms with van der Waals surface area (Å²) < 4.78 is 39.4. The molecule has 9 nitrogen and oxygen atoms in total. The highest BCUT2D eigenvalue weighted by Crippen LogP contribution is 2.32. The number of ether oxygens (including phenoxy) is 2. The van der Waals surface area contributed by atoms with Gasteiger partial charge in [0.2, 0.25) is 11.8 Å². The van der Waals surface area contributed by atoms with Gasteiger partial charge in [-0.2, -0.15) is 0 Å². The SMILES string of the molecule is CCNC(=O)C(CC)N(Cc1ccc(OC)cc1)C(=O)CN(c1ccc(OC)c(Cl)c1)S(=O)(=O)c1ccc(C)cc1. The quantitative estimate of drug-likeness (QED) is 0.302. The topological polar surface area (TPSA) is 105 Å². The Morgan fingerprint density at radius 1 is 0.951 bits per heavy atom. The Bertz CT molecular complexity index is 1450. The fraction of sp³-hybridized carbons (Fsp3) is 0.333. The molecular weight excluding hydrogens is 566 g/mol. The van der Waals surface area contributed by atoms with Crippen LogP contribution in [0.15, 0.2) is 71.6 Å². The number of hydrogen-bond acceptors (Lipinski definition) is 6. The van der Waals surface area contributed by atoms with E-state index in [4.69, 9.17) is 21.1 Å². The van der Waals surface area contributed by atoms with Gasteiger partial charge in [-0.25, -0.2) is 8.42 Å². The van der Waals surface area contributed by atoms with Crippen molar-refractivity contribution in [2.45, 2.75) is 44.7 Å². The van der Waals surface area contributed by atoms with Crippen LogP contribution in [0.25, 0.3) is 0 Å². The summed E-state index contributed by atoms with van der Waals surface area (Å²) in [5.74, 6) is 0.130. The van der Waals surface area contributed by atoms with Gasteiger partial charge in [-0.1, -0.05) is 48.4 Å². The number of anilines is 1. The number of carbonyl (C=O) groups excluding carboxylic acids is 2. The van der Waals surface area contributed by atoms with Gasteiger partial charge in [-0.3, -0.25) is 13.9 Å². The molecule has 0 radical (unpaired) electrons. The fourth-order valence-electron chi connectivity index (χ4n) is 4.32. The molecule has 0 aliphatic rings. The first kappa shape index (κ1) is 31.8. The van der Waals surface area contributed by atoms with E-state index in [0.717, 1.165) is 15.4 Å². The number of methoxy groups -OCH3 is 2. The molecule has 0 spiro atoms. The van der Waals surface area contributed by atoms with Gasteiger partial charge in [-0.15, -0.1) is 0 Å². The number of hydrogen-bond donors (Lipinski definition) is 1. The van der Waals surface area contributed by atoms with Gasteiger partial charge in [0.15, 0.2) is 0 Å². The van der Waals surface area contributed by atoms with Crippen molar-refractivity contribution in [3.8, 4) is 11.5 Å². The van der Waals surface area contributed by atoms with Crippen LogP contribution in [-0.2, 0) is 26.2 Å². The lowest BCUT2D eigenvalue weighted by atomic mass is 10.1. The average molecular weight is 602 g/mol. The highest BCUT2D eigenvalue weighted by Gasteiger charge is 2.33. The molecule has 0 saturated heterocycles. The van der Waals surface area contributed by atoms with Gasteiger partial charge in [0.1, 0.15) is 24.1 Å². The molecule has 2 amide bonds. The van der Waals surface area contributed by atoms with E-state index < -0.39 is 28.5 Å². The van der Waals surface area contributed by atoms with Crippen molar-refractivity contribution in [3.05, 3.63) is 82.9 Å². The Labute approximate surface area is 247 Å². The fourth-order valence-corrected chi connectivity index (χ4v) is 5.97. The first-order chi connectivity index (χ1) is 19.5. The van der Waals surface area contributed by atoms with Crippen molar-refractivity contribution in [2.75, 3.05) is 31.6 Å². The third-order valence-electron chi connectivity index (χ3n) is 6.56. The molecule has 3 aromatic carbocycles. The molecule has 0 aliphatic heterocycles. The number of halogens is 1. The second-order valence-corrected chi connectivity index (χ2v) is 11.6. The van der Waals surface area contributed by atoms with Gasteiger partial charge in [-0.05, 0) is 68.3 Å². The smallest absolute Gasteiger partial charge is 0.264 e. The van der Waals surface area contributed by atoms with Gasteiger partial charge in [0.05, 0.1) is 29.8 Å². The summed E-state index contributed by atoms with van der Waals surface area (Å²) in [5, 5.41) is 2.97. The molecule has 1 unspecified atom stereocenters. The minimum atomic E-state index is -4.21. The van der Waals surface area contributed by atoms with Crippen molar-refractivity contribution >= 4 is 39.1 Å². The molecule has 3 rings (SSSR count). The van der Waals surface area contributed by atoms with Gasteiger partial charge in [0, 0.05) is 13.1 Å². The summed E-state index contributed by atoms with van der Waals surface area (Å²) in [5.41, 5.74) is 1.82. The summed E-state index contributed by atoms with van der Waals surface area (Å²) in [7, 11) is -1.20. The number of carbonyl (C=O) groups is 2. The minimum Gasteiger partial charge on any atom is -0.497 e. The minimum absolute atomic E-state index is 0.0142. The van der Waals surface area contributed by atoms with Gasteiger partial charge in [0.25, 0.3) is 10.0 Å². The van der Waals surface area contributed by atoms with Crippen LogP contribution in [0, 0.1) is 6.92 Å². The molecule has 41 heavy (non-hydrogen) atoms. The zero-order valence-corrected chi connectivity index (χ0v) is 25.5. The highest BCUT2D eigenvalue weighted by molar-refractivity contribution is 7.92. The van der Waals surface area contributed by atoms with Gasteiger partial charge < -0.3 is 19.7 Å². The molecule has 1 N–H and O–H groups in total. The summed E-state index contributed by atoms with van der Waals surface area (Å²) in [4.78, 5) is 28.5. The molecular formula is C30H36ClN3O6S. The van der Waals surface area contributed by atoms with E-state index in [-0.39, 0.29) is 28.1 Å². The van der Waals surface area contributed by atoms with Crippen molar-refractivity contribution in [1.29, 1.82) is 0 Å². The Morgan fingerprint density at radius 3 is 2.15 bits per heavy atom. The average Bonchev–Trinajstić information content (AvgIpc) is 2.96. The molecule has 11 heteroatoms. The standard InChI is InChI=1S/C30H36ClN3O6S/c1-6-27(30(36)32-7-2)33(19-22-10-13-24(39-4)14-11-22)29(35)20-34(23-12-17-28(40-5)26(31)18-23)41(37,38)25-15-8-21(3)9-16-25/h8-18,27H,6-7,19-20H2,1-5H3,(H,32,36). The van der Waals surface area contributed by atoms with E-state index in [1.807, 2.05) is 6.92 Å². The highest BCUT2D eigenvalue weighted by atomic mass is 35.5. The lowest BCUT2D eigenvalue weighted by Crippen LogP contribution is -2.52. The number of aryl methyl sites for hydroxylation is 1. The first-order valence-corrected chi connectivity index (χ1v) is 15.0. The van der Waals surface area contributed by atoms with Crippen molar-refractivity contribution in [2.24, 2.45) is 0 Å². The third-order valence-corrected chi connectivity index (χ3v) is 8.64. The normalized spacial score (nSPS) is 11.9. The molecule has 1 atom stereocenters. The van der Waals surface area contributed by atoms with Crippen LogP contribution in [0.3, 0.4) is 0 Å². The molecule has 0 aliphatic carbocycles. The number of likely N-dealkylation sites (N-methyl/N-ethyl adjacent to an activating group) is 1. The lowest BCUT2D eigenvalue weighted by molar-refractivity contribution is -0.140.